The number of nitrogen functional groups attached to an aromatic ring is 1. The summed E-state index contributed by atoms with van der Waals surface area (Å²) in [5.41, 5.74) is 5.43. The lowest BCUT2D eigenvalue weighted by Crippen LogP contribution is -2.44. The molecule has 0 amide bonds. The number of nitrogens with zero attached hydrogens (tertiary/aromatic N) is 5. The highest BCUT2D eigenvalue weighted by atomic mass is 32.2. The Hall–Kier alpha value is -2.55. The lowest BCUT2D eigenvalue weighted by Gasteiger charge is -2.33. The number of hydrogen-bond donors (Lipinski definition) is 2. The SMILES string of the molecule is C#CC.Nc1ccc(SN2CCN(c3ncc(C(CO)C(F)(F)F)cn3)CC2)cn1. The van der Waals surface area contributed by atoms with Gasteiger partial charge in [-0.3, -0.25) is 0 Å². The van der Waals surface area contributed by atoms with Gasteiger partial charge in [0.1, 0.15) is 11.7 Å². The van der Waals surface area contributed by atoms with Crippen LogP contribution in [0.2, 0.25) is 0 Å². The molecule has 1 aliphatic rings. The molecule has 0 bridgehead atoms. The Kier molecular flexibility index (Phi) is 8.71. The third kappa shape index (κ3) is 6.76. The summed E-state index contributed by atoms with van der Waals surface area (Å²) >= 11 is 1.58. The first-order chi connectivity index (χ1) is 14.3. The van der Waals surface area contributed by atoms with Crippen LogP contribution in [0.15, 0.2) is 35.6 Å². The van der Waals surface area contributed by atoms with Crippen molar-refractivity contribution in [3.8, 4) is 12.3 Å². The smallest absolute Gasteiger partial charge is 0.395 e. The number of alkyl halides is 3. The Morgan fingerprint density at radius 2 is 1.77 bits per heavy atom. The average Bonchev–Trinajstić information content (AvgIpc) is 2.71. The van der Waals surface area contributed by atoms with Gasteiger partial charge in [0.05, 0.1) is 6.61 Å². The van der Waals surface area contributed by atoms with Crippen LogP contribution in [-0.2, 0) is 0 Å². The summed E-state index contributed by atoms with van der Waals surface area (Å²) in [6, 6.07) is 3.65. The molecule has 2 aromatic heterocycles. The van der Waals surface area contributed by atoms with Gasteiger partial charge in [0.15, 0.2) is 0 Å². The molecule has 1 aliphatic heterocycles. The maximum atomic E-state index is 12.9. The molecule has 0 aliphatic carbocycles. The largest absolute Gasteiger partial charge is 0.398 e. The van der Waals surface area contributed by atoms with Crippen LogP contribution in [-0.4, -0.2) is 63.3 Å². The van der Waals surface area contributed by atoms with Crippen molar-refractivity contribution in [1.29, 1.82) is 0 Å². The zero-order valence-corrected chi connectivity index (χ0v) is 17.2. The lowest BCUT2D eigenvalue weighted by molar-refractivity contribution is -0.158. The highest BCUT2D eigenvalue weighted by Gasteiger charge is 2.40. The van der Waals surface area contributed by atoms with E-state index in [4.69, 9.17) is 10.8 Å². The summed E-state index contributed by atoms with van der Waals surface area (Å²) in [6.45, 7) is 3.40. The normalized spacial score (nSPS) is 15.7. The average molecular weight is 440 g/mol. The van der Waals surface area contributed by atoms with Crippen molar-refractivity contribution in [2.75, 3.05) is 43.4 Å². The summed E-state index contributed by atoms with van der Waals surface area (Å²) in [7, 11) is 0. The molecule has 3 N–H and O–H groups in total. The van der Waals surface area contributed by atoms with Crippen LogP contribution in [0.4, 0.5) is 24.9 Å². The summed E-state index contributed by atoms with van der Waals surface area (Å²) in [6.07, 6.45) is 4.06. The summed E-state index contributed by atoms with van der Waals surface area (Å²) < 4.78 is 40.8. The quantitative estimate of drug-likeness (QED) is 0.542. The number of aromatic nitrogens is 3. The molecule has 11 heteroatoms. The van der Waals surface area contributed by atoms with Gasteiger partial charge in [-0.05, 0) is 31.0 Å². The fourth-order valence-corrected chi connectivity index (χ4v) is 3.52. The molecule has 2 aromatic rings. The van der Waals surface area contributed by atoms with Crippen molar-refractivity contribution in [3.05, 3.63) is 36.3 Å². The van der Waals surface area contributed by atoms with Gasteiger partial charge in [-0.2, -0.15) is 13.2 Å². The van der Waals surface area contributed by atoms with Gasteiger partial charge in [0, 0.05) is 55.2 Å². The second kappa shape index (κ2) is 11.0. The molecule has 30 heavy (non-hydrogen) atoms. The van der Waals surface area contributed by atoms with Gasteiger partial charge in [-0.1, -0.05) is 0 Å². The van der Waals surface area contributed by atoms with Crippen molar-refractivity contribution < 1.29 is 18.3 Å². The predicted molar refractivity (Wildman–Crippen MR) is 111 cm³/mol. The highest BCUT2D eigenvalue weighted by Crippen LogP contribution is 2.34. The molecule has 0 radical (unpaired) electrons. The fourth-order valence-electron chi connectivity index (χ4n) is 2.65. The molecule has 3 rings (SSSR count). The molecule has 1 atom stereocenters. The van der Waals surface area contributed by atoms with Crippen LogP contribution >= 0.6 is 11.9 Å². The van der Waals surface area contributed by atoms with E-state index in [-0.39, 0.29) is 5.56 Å². The minimum Gasteiger partial charge on any atom is -0.395 e. The van der Waals surface area contributed by atoms with E-state index in [0.717, 1.165) is 30.4 Å². The first-order valence-electron chi connectivity index (χ1n) is 9.04. The number of piperazine rings is 1. The van der Waals surface area contributed by atoms with Crippen LogP contribution in [0, 0.1) is 12.3 Å². The molecule has 1 unspecified atom stereocenters. The van der Waals surface area contributed by atoms with Gasteiger partial charge < -0.3 is 15.7 Å². The van der Waals surface area contributed by atoms with Crippen molar-refractivity contribution in [3.63, 3.8) is 0 Å². The van der Waals surface area contributed by atoms with E-state index in [0.29, 0.717) is 24.9 Å². The van der Waals surface area contributed by atoms with Crippen molar-refractivity contribution in [2.24, 2.45) is 0 Å². The van der Waals surface area contributed by atoms with E-state index < -0.39 is 18.7 Å². The highest BCUT2D eigenvalue weighted by molar-refractivity contribution is 7.97. The fraction of sp³-hybridized carbons (Fsp3) is 0.421. The first-order valence-corrected chi connectivity index (χ1v) is 9.82. The second-order valence-electron chi connectivity index (χ2n) is 6.31. The van der Waals surface area contributed by atoms with E-state index in [2.05, 4.69) is 31.6 Å². The Morgan fingerprint density at radius 3 is 2.23 bits per heavy atom. The standard InChI is InChI=1S/C16H19F3N6OS.C3H4/c17-16(18,19)13(10-26)11-7-22-15(23-8-11)24-3-5-25(6-4-24)27-12-1-2-14(20)21-9-12;1-3-2/h1-2,7-9,13,26H,3-6,10H2,(H2,20,21);1H,2H3. The van der Waals surface area contributed by atoms with E-state index in [1.54, 1.807) is 31.1 Å². The van der Waals surface area contributed by atoms with Gasteiger partial charge in [0.2, 0.25) is 5.95 Å². The van der Waals surface area contributed by atoms with Gasteiger partial charge >= 0.3 is 6.18 Å². The van der Waals surface area contributed by atoms with Gasteiger partial charge in [0.25, 0.3) is 0 Å². The number of aliphatic hydroxyl groups excluding tert-OH is 1. The zero-order chi connectivity index (χ0) is 22.1. The monoisotopic (exact) mass is 440 g/mol. The van der Waals surface area contributed by atoms with Crippen LogP contribution in [0.5, 0.6) is 0 Å². The maximum Gasteiger partial charge on any atom is 0.398 e. The number of aliphatic hydroxyl groups is 1. The number of terminal acetylenes is 1. The molecule has 1 saturated heterocycles. The van der Waals surface area contributed by atoms with E-state index in [1.165, 1.54) is 0 Å². The van der Waals surface area contributed by atoms with Crippen molar-refractivity contribution in [2.45, 2.75) is 23.9 Å². The molecule has 162 valence electrons. The van der Waals surface area contributed by atoms with Crippen molar-refractivity contribution >= 4 is 23.7 Å². The van der Waals surface area contributed by atoms with E-state index in [1.807, 2.05) is 11.0 Å². The molecular formula is C19H23F3N6OS. The molecule has 1 fully saturated rings. The molecule has 7 nitrogen and oxygen atoms in total. The Morgan fingerprint density at radius 1 is 1.17 bits per heavy atom. The minimum atomic E-state index is -4.53. The number of rotatable bonds is 5. The number of halogens is 3. The molecular weight excluding hydrogens is 417 g/mol. The Bertz CT molecular complexity index is 818. The van der Waals surface area contributed by atoms with Crippen LogP contribution in [0.3, 0.4) is 0 Å². The van der Waals surface area contributed by atoms with Crippen LogP contribution < -0.4 is 10.6 Å². The Balaban J connectivity index is 0.00000101. The summed E-state index contributed by atoms with van der Waals surface area (Å²) in [5, 5.41) is 8.99. The Labute approximate surface area is 177 Å². The third-order valence-corrected chi connectivity index (χ3v) is 5.23. The first kappa shape index (κ1) is 23.7. The number of anilines is 2. The van der Waals surface area contributed by atoms with Crippen LogP contribution in [0.1, 0.15) is 18.4 Å². The van der Waals surface area contributed by atoms with E-state index in [9.17, 15) is 13.2 Å². The zero-order valence-electron chi connectivity index (χ0n) is 16.4. The lowest BCUT2D eigenvalue weighted by atomic mass is 10.0. The van der Waals surface area contributed by atoms with Crippen LogP contribution in [0.25, 0.3) is 0 Å². The summed E-state index contributed by atoms with van der Waals surface area (Å²) in [4.78, 5) is 15.1. The second-order valence-corrected chi connectivity index (χ2v) is 7.48. The molecule has 0 aromatic carbocycles. The minimum absolute atomic E-state index is 0.140. The molecule has 0 saturated carbocycles. The maximum absolute atomic E-state index is 12.9. The topological polar surface area (TPSA) is 91.4 Å². The predicted octanol–water partition coefficient (Wildman–Crippen LogP) is 2.56. The van der Waals surface area contributed by atoms with Gasteiger partial charge in [-0.25, -0.2) is 19.3 Å². The molecule has 0 spiro atoms. The number of pyridine rings is 1. The van der Waals surface area contributed by atoms with E-state index >= 15 is 0 Å². The number of hydrogen-bond acceptors (Lipinski definition) is 8. The number of nitrogens with two attached hydrogens (primary N) is 1. The molecule has 3 heterocycles. The van der Waals surface area contributed by atoms with Gasteiger partial charge in [-0.15, -0.1) is 12.3 Å². The third-order valence-electron chi connectivity index (χ3n) is 4.15. The van der Waals surface area contributed by atoms with Crippen molar-refractivity contribution in [1.82, 2.24) is 19.3 Å². The summed E-state index contributed by atoms with van der Waals surface area (Å²) in [5.74, 6) is 1.14.